The molecule has 0 saturated carbocycles. The maximum Gasteiger partial charge on any atom is 0.164 e. The van der Waals surface area contributed by atoms with Crippen LogP contribution in [0.25, 0.3) is 95.0 Å². The lowest BCUT2D eigenvalue weighted by Crippen LogP contribution is -2.08. The molecule has 0 spiro atoms. The molecule has 10 rings (SSSR count). The summed E-state index contributed by atoms with van der Waals surface area (Å²) >= 11 is 0. The third-order valence-corrected chi connectivity index (χ3v) is 9.22. The van der Waals surface area contributed by atoms with Crippen molar-refractivity contribution in [3.63, 3.8) is 0 Å². The Kier molecular flexibility index (Phi) is 5.84. The maximum atomic E-state index is 6.27. The van der Waals surface area contributed by atoms with Gasteiger partial charge >= 0.3 is 0 Å². The Morgan fingerprint density at radius 1 is 0.458 bits per heavy atom. The molecule has 1 N–H and O–H groups in total. The zero-order valence-corrected chi connectivity index (χ0v) is 25.6. The average molecular weight is 619 g/mol. The van der Waals surface area contributed by atoms with Gasteiger partial charge in [0.15, 0.2) is 17.5 Å². The van der Waals surface area contributed by atoms with Gasteiger partial charge in [-0.1, -0.05) is 109 Å². The van der Waals surface area contributed by atoms with E-state index in [9.17, 15) is 0 Å². The first-order valence-electron chi connectivity index (χ1n) is 16.0. The summed E-state index contributed by atoms with van der Waals surface area (Å²) in [6.45, 7) is 0.674. The number of hydrogen-bond donors (Lipinski definition) is 1. The van der Waals surface area contributed by atoms with Crippen molar-refractivity contribution in [3.05, 3.63) is 145 Å². The van der Waals surface area contributed by atoms with Gasteiger partial charge in [-0.05, 0) is 52.4 Å². The average Bonchev–Trinajstić information content (AvgIpc) is 3.73. The van der Waals surface area contributed by atoms with E-state index in [2.05, 4.69) is 72.1 Å². The molecule has 6 aromatic carbocycles. The standard InChI is InChI=1S/C42H26N4O2/c1-2-10-25(11-3-1)40-44-41(46-42(45-40)33-18-9-21-36-39(33)31-12-4-5-19-34(31)47-36)30-17-7-13-26-27(14-6-15-28(26)30)29-16-8-20-35-38(29)32-22-23-43-24-37(32)48-35/h1-23,43H,24H2. The van der Waals surface area contributed by atoms with Gasteiger partial charge in [-0.25, -0.2) is 15.0 Å². The van der Waals surface area contributed by atoms with Gasteiger partial charge in [0.2, 0.25) is 0 Å². The van der Waals surface area contributed by atoms with Crippen molar-refractivity contribution >= 4 is 49.8 Å². The fourth-order valence-electron chi connectivity index (χ4n) is 7.08. The topological polar surface area (TPSA) is 77.0 Å². The van der Waals surface area contributed by atoms with Crippen LogP contribution in [0.4, 0.5) is 0 Å². The summed E-state index contributed by atoms with van der Waals surface area (Å²) in [5, 5.41) is 8.58. The molecule has 6 nitrogen and oxygen atoms in total. The van der Waals surface area contributed by atoms with Crippen LogP contribution >= 0.6 is 0 Å². The second-order valence-electron chi connectivity index (χ2n) is 12.0. The maximum absolute atomic E-state index is 6.27. The van der Waals surface area contributed by atoms with Crippen molar-refractivity contribution in [3.8, 4) is 45.3 Å². The Morgan fingerprint density at radius 3 is 1.92 bits per heavy atom. The molecule has 9 aromatic rings. The molecule has 1 aliphatic rings. The lowest BCUT2D eigenvalue weighted by Gasteiger charge is -2.13. The highest BCUT2D eigenvalue weighted by atomic mass is 16.3. The summed E-state index contributed by atoms with van der Waals surface area (Å²) in [7, 11) is 0. The highest BCUT2D eigenvalue weighted by Gasteiger charge is 2.21. The zero-order chi connectivity index (χ0) is 31.6. The number of benzene rings is 6. The van der Waals surface area contributed by atoms with Crippen LogP contribution in [0.15, 0.2) is 142 Å². The van der Waals surface area contributed by atoms with Gasteiger partial charge < -0.3 is 14.2 Å². The number of rotatable bonds is 4. The molecule has 0 amide bonds. The number of nitrogens with one attached hydrogen (secondary N) is 1. The van der Waals surface area contributed by atoms with Crippen LogP contribution in [0.3, 0.4) is 0 Å². The lowest BCUT2D eigenvalue weighted by atomic mass is 9.92. The fourth-order valence-corrected chi connectivity index (χ4v) is 7.08. The first-order chi connectivity index (χ1) is 23.8. The fraction of sp³-hybridized carbons (Fsp3) is 0.0238. The molecule has 0 fully saturated rings. The van der Waals surface area contributed by atoms with Crippen LogP contribution < -0.4 is 5.32 Å². The molecular weight excluding hydrogens is 592 g/mol. The predicted molar refractivity (Wildman–Crippen MR) is 192 cm³/mol. The van der Waals surface area contributed by atoms with E-state index in [-0.39, 0.29) is 0 Å². The number of fused-ring (bicyclic) bond motifs is 7. The number of furan rings is 2. The molecule has 0 radical (unpaired) electrons. The number of nitrogens with zero attached hydrogens (tertiary/aromatic N) is 3. The Balaban J connectivity index is 1.22. The summed E-state index contributed by atoms with van der Waals surface area (Å²) in [6.07, 6.45) is 4.09. The minimum atomic E-state index is 0.597. The van der Waals surface area contributed by atoms with Crippen molar-refractivity contribution in [1.29, 1.82) is 0 Å². The zero-order valence-electron chi connectivity index (χ0n) is 25.6. The van der Waals surface area contributed by atoms with E-state index in [1.54, 1.807) is 0 Å². The van der Waals surface area contributed by atoms with Crippen LogP contribution in [0.5, 0.6) is 0 Å². The van der Waals surface area contributed by atoms with E-state index < -0.39 is 0 Å². The third-order valence-electron chi connectivity index (χ3n) is 9.22. The third kappa shape index (κ3) is 4.09. The molecule has 0 unspecified atom stereocenters. The molecule has 0 saturated heterocycles. The van der Waals surface area contributed by atoms with Gasteiger partial charge in [-0.15, -0.1) is 0 Å². The quantitative estimate of drug-likeness (QED) is 0.211. The van der Waals surface area contributed by atoms with Crippen LogP contribution in [0, 0.1) is 0 Å². The van der Waals surface area contributed by atoms with E-state index in [4.69, 9.17) is 23.8 Å². The van der Waals surface area contributed by atoms with Crippen LogP contribution in [0.1, 0.15) is 11.3 Å². The van der Waals surface area contributed by atoms with Crippen LogP contribution in [-0.4, -0.2) is 15.0 Å². The van der Waals surface area contributed by atoms with Crippen molar-refractivity contribution in [2.75, 3.05) is 0 Å². The van der Waals surface area contributed by atoms with Crippen molar-refractivity contribution in [1.82, 2.24) is 20.3 Å². The predicted octanol–water partition coefficient (Wildman–Crippen LogP) is 10.4. The highest BCUT2D eigenvalue weighted by Crippen LogP contribution is 2.41. The monoisotopic (exact) mass is 618 g/mol. The smallest absolute Gasteiger partial charge is 0.164 e. The summed E-state index contributed by atoms with van der Waals surface area (Å²) in [5.41, 5.74) is 8.66. The van der Waals surface area contributed by atoms with Crippen LogP contribution in [0.2, 0.25) is 0 Å². The number of aromatic nitrogens is 3. The molecule has 0 bridgehead atoms. The van der Waals surface area contributed by atoms with E-state index in [0.29, 0.717) is 24.0 Å². The van der Waals surface area contributed by atoms with E-state index in [1.165, 1.54) is 0 Å². The molecule has 6 heteroatoms. The largest absolute Gasteiger partial charge is 0.459 e. The summed E-state index contributed by atoms with van der Waals surface area (Å²) in [5.74, 6) is 2.77. The Morgan fingerprint density at radius 2 is 1.06 bits per heavy atom. The van der Waals surface area contributed by atoms with Crippen molar-refractivity contribution in [2.45, 2.75) is 6.54 Å². The first kappa shape index (κ1) is 26.7. The number of para-hydroxylation sites is 1. The first-order valence-corrected chi connectivity index (χ1v) is 16.0. The normalized spacial score (nSPS) is 12.6. The molecule has 0 atom stereocenters. The Labute approximate surface area is 275 Å². The summed E-state index contributed by atoms with van der Waals surface area (Å²) in [4.78, 5) is 15.4. The lowest BCUT2D eigenvalue weighted by molar-refractivity contribution is 0.532. The van der Waals surface area contributed by atoms with E-state index in [1.807, 2.05) is 72.9 Å². The Bertz CT molecular complexity index is 2740. The molecular formula is C42H26N4O2. The second-order valence-corrected chi connectivity index (χ2v) is 12.0. The summed E-state index contributed by atoms with van der Waals surface area (Å²) < 4.78 is 12.5. The van der Waals surface area contributed by atoms with Gasteiger partial charge in [0.1, 0.15) is 22.5 Å². The van der Waals surface area contributed by atoms with Crippen molar-refractivity contribution < 1.29 is 8.83 Å². The molecule has 3 aromatic heterocycles. The van der Waals surface area contributed by atoms with E-state index >= 15 is 0 Å². The van der Waals surface area contributed by atoms with Gasteiger partial charge in [-0.2, -0.15) is 0 Å². The van der Waals surface area contributed by atoms with Gasteiger partial charge in [0.25, 0.3) is 0 Å². The van der Waals surface area contributed by atoms with Crippen molar-refractivity contribution in [2.24, 2.45) is 0 Å². The summed E-state index contributed by atoms with van der Waals surface area (Å²) in [6, 6.07) is 43.3. The van der Waals surface area contributed by atoms with Gasteiger partial charge in [0, 0.05) is 38.4 Å². The van der Waals surface area contributed by atoms with Gasteiger partial charge in [-0.3, -0.25) is 0 Å². The number of hydrogen-bond acceptors (Lipinski definition) is 6. The molecule has 0 aliphatic carbocycles. The molecule has 226 valence electrons. The minimum absolute atomic E-state index is 0.597. The van der Waals surface area contributed by atoms with Crippen LogP contribution in [-0.2, 0) is 6.54 Å². The minimum Gasteiger partial charge on any atom is -0.459 e. The highest BCUT2D eigenvalue weighted by molar-refractivity contribution is 6.12. The second kappa shape index (κ2) is 10.5. The Hall–Kier alpha value is -6.53. The molecule has 4 heterocycles. The van der Waals surface area contributed by atoms with Gasteiger partial charge in [0.05, 0.1) is 6.54 Å². The molecule has 48 heavy (non-hydrogen) atoms. The SMILES string of the molecule is C1=Cc2c(oc3cccc(-c4cccc5c(-c6nc(-c7ccccc7)nc(-c7cccc8oc9ccccc9c78)n6)cccc45)c23)CN1. The molecule has 1 aliphatic heterocycles. The van der Waals surface area contributed by atoms with E-state index in [0.717, 1.165) is 82.8 Å².